The molecular weight excluding hydrogens is 322 g/mol. The summed E-state index contributed by atoms with van der Waals surface area (Å²) in [4.78, 5) is 14.5. The molecule has 1 fully saturated rings. The van der Waals surface area contributed by atoms with E-state index in [1.165, 1.54) is 22.5 Å². The van der Waals surface area contributed by atoms with Gasteiger partial charge in [-0.25, -0.2) is 4.79 Å². The van der Waals surface area contributed by atoms with Crippen molar-refractivity contribution < 1.29 is 4.79 Å². The number of carbonyl (C=O) groups is 1. The Morgan fingerprint density at radius 3 is 2.67 bits per heavy atom. The number of hydrogen-bond donors (Lipinski definition) is 2. The number of benzene rings is 1. The highest BCUT2D eigenvalue weighted by Crippen LogP contribution is 2.17. The Labute approximate surface area is 146 Å². The van der Waals surface area contributed by atoms with Crippen molar-refractivity contribution in [3.8, 4) is 0 Å². The quantitative estimate of drug-likeness (QED) is 0.894. The number of nitrogens with zero attached hydrogens (tertiary/aromatic N) is 3. The van der Waals surface area contributed by atoms with Crippen LogP contribution in [-0.2, 0) is 6.54 Å². The molecule has 24 heavy (non-hydrogen) atoms. The highest BCUT2D eigenvalue weighted by atomic mass is 32.1. The fourth-order valence-corrected chi connectivity index (χ4v) is 3.52. The van der Waals surface area contributed by atoms with Crippen LogP contribution in [0.4, 0.5) is 9.93 Å². The molecule has 1 aromatic heterocycles. The first-order valence-electron chi connectivity index (χ1n) is 8.24. The van der Waals surface area contributed by atoms with Gasteiger partial charge in [-0.05, 0) is 37.8 Å². The SMILES string of the molecule is Cc1nnc(NC(=O)NC2CCN(Cc3ccccc3C)CC2)s1. The fraction of sp³-hybridized carbons (Fsp3) is 0.471. The molecular formula is C17H23N5OS. The summed E-state index contributed by atoms with van der Waals surface area (Å²) in [5.41, 5.74) is 2.72. The maximum absolute atomic E-state index is 12.0. The Hall–Kier alpha value is -1.99. The summed E-state index contributed by atoms with van der Waals surface area (Å²) in [7, 11) is 0. The van der Waals surface area contributed by atoms with Crippen LogP contribution in [-0.4, -0.2) is 40.3 Å². The van der Waals surface area contributed by atoms with Gasteiger partial charge in [0.2, 0.25) is 5.13 Å². The number of urea groups is 1. The Morgan fingerprint density at radius 2 is 2.00 bits per heavy atom. The van der Waals surface area contributed by atoms with Gasteiger partial charge in [0.1, 0.15) is 5.01 Å². The molecule has 2 amide bonds. The summed E-state index contributed by atoms with van der Waals surface area (Å²) in [6.45, 7) is 7.00. The molecule has 2 heterocycles. The number of nitrogens with one attached hydrogen (secondary N) is 2. The predicted molar refractivity (Wildman–Crippen MR) is 96.3 cm³/mol. The van der Waals surface area contributed by atoms with Crippen molar-refractivity contribution in [1.29, 1.82) is 0 Å². The molecule has 1 saturated heterocycles. The minimum Gasteiger partial charge on any atom is -0.335 e. The number of rotatable bonds is 4. The van der Waals surface area contributed by atoms with E-state index in [1.807, 2.05) is 6.92 Å². The van der Waals surface area contributed by atoms with Gasteiger partial charge in [0.05, 0.1) is 0 Å². The first kappa shape index (κ1) is 16.9. The second-order valence-corrected chi connectivity index (χ2v) is 7.38. The molecule has 2 N–H and O–H groups in total. The normalized spacial score (nSPS) is 16.1. The minimum absolute atomic E-state index is 0.191. The highest BCUT2D eigenvalue weighted by Gasteiger charge is 2.21. The maximum Gasteiger partial charge on any atom is 0.321 e. The first-order chi connectivity index (χ1) is 11.6. The average molecular weight is 345 g/mol. The summed E-state index contributed by atoms with van der Waals surface area (Å²) in [5, 5.41) is 15.0. The number of aromatic nitrogens is 2. The van der Waals surface area contributed by atoms with Gasteiger partial charge in [0.15, 0.2) is 0 Å². The Bertz CT molecular complexity index is 694. The molecule has 0 aliphatic carbocycles. The van der Waals surface area contributed by atoms with Gasteiger partial charge >= 0.3 is 6.03 Å². The number of amides is 2. The van der Waals surface area contributed by atoms with Gasteiger partial charge in [0, 0.05) is 25.7 Å². The van der Waals surface area contributed by atoms with Crippen LogP contribution in [0.5, 0.6) is 0 Å². The van der Waals surface area contributed by atoms with Crippen LogP contribution in [0.1, 0.15) is 29.0 Å². The van der Waals surface area contributed by atoms with E-state index in [4.69, 9.17) is 0 Å². The number of hydrogen-bond acceptors (Lipinski definition) is 5. The number of carbonyl (C=O) groups excluding carboxylic acids is 1. The molecule has 7 heteroatoms. The second-order valence-electron chi connectivity index (χ2n) is 6.20. The third-order valence-electron chi connectivity index (χ3n) is 4.32. The topological polar surface area (TPSA) is 70.1 Å². The maximum atomic E-state index is 12.0. The lowest BCUT2D eigenvalue weighted by molar-refractivity contribution is 0.189. The van der Waals surface area contributed by atoms with Crippen molar-refractivity contribution in [2.24, 2.45) is 0 Å². The smallest absolute Gasteiger partial charge is 0.321 e. The summed E-state index contributed by atoms with van der Waals surface area (Å²) in [6, 6.07) is 8.54. The van der Waals surface area contributed by atoms with Gasteiger partial charge < -0.3 is 5.32 Å². The van der Waals surface area contributed by atoms with Crippen molar-refractivity contribution in [2.45, 2.75) is 39.3 Å². The van der Waals surface area contributed by atoms with Crippen LogP contribution in [0.2, 0.25) is 0 Å². The molecule has 1 aliphatic heterocycles. The molecule has 3 rings (SSSR count). The predicted octanol–water partition coefficient (Wildman–Crippen LogP) is 2.94. The lowest BCUT2D eigenvalue weighted by Crippen LogP contribution is -2.45. The fourth-order valence-electron chi connectivity index (χ4n) is 2.93. The molecule has 0 spiro atoms. The molecule has 0 bridgehead atoms. The third kappa shape index (κ3) is 4.52. The zero-order valence-electron chi connectivity index (χ0n) is 14.1. The van der Waals surface area contributed by atoms with Crippen molar-refractivity contribution in [3.05, 3.63) is 40.4 Å². The van der Waals surface area contributed by atoms with Crippen LogP contribution in [0.25, 0.3) is 0 Å². The molecule has 0 radical (unpaired) electrons. The van der Waals surface area contributed by atoms with Crippen LogP contribution in [0.3, 0.4) is 0 Å². The van der Waals surface area contributed by atoms with Crippen LogP contribution in [0, 0.1) is 13.8 Å². The van der Waals surface area contributed by atoms with Crippen LogP contribution in [0.15, 0.2) is 24.3 Å². The molecule has 0 unspecified atom stereocenters. The lowest BCUT2D eigenvalue weighted by atomic mass is 10.0. The standard InChI is InChI=1S/C17H23N5OS/c1-12-5-3-4-6-14(12)11-22-9-7-15(8-10-22)18-16(23)19-17-21-20-13(2)24-17/h3-6,15H,7-11H2,1-2H3,(H2,18,19,21,23). The second kappa shape index (κ2) is 7.72. The van der Waals surface area contributed by atoms with Gasteiger partial charge in [-0.1, -0.05) is 35.6 Å². The van der Waals surface area contributed by atoms with Gasteiger partial charge in [0.25, 0.3) is 0 Å². The first-order valence-corrected chi connectivity index (χ1v) is 9.06. The van der Waals surface area contributed by atoms with Crippen molar-refractivity contribution in [3.63, 3.8) is 0 Å². The van der Waals surface area contributed by atoms with E-state index in [9.17, 15) is 4.79 Å². The van der Waals surface area contributed by atoms with Crippen molar-refractivity contribution in [1.82, 2.24) is 20.4 Å². The Kier molecular flexibility index (Phi) is 5.42. The summed E-state index contributed by atoms with van der Waals surface area (Å²) >= 11 is 1.38. The zero-order chi connectivity index (χ0) is 16.9. The van der Waals surface area contributed by atoms with E-state index >= 15 is 0 Å². The van der Waals surface area contributed by atoms with E-state index in [0.717, 1.165) is 37.5 Å². The zero-order valence-corrected chi connectivity index (χ0v) is 14.9. The molecule has 1 aromatic carbocycles. The summed E-state index contributed by atoms with van der Waals surface area (Å²) in [6.07, 6.45) is 1.93. The molecule has 6 nitrogen and oxygen atoms in total. The van der Waals surface area contributed by atoms with Gasteiger partial charge in [-0.15, -0.1) is 10.2 Å². The van der Waals surface area contributed by atoms with E-state index < -0.39 is 0 Å². The summed E-state index contributed by atoms with van der Waals surface area (Å²) in [5.74, 6) is 0. The number of likely N-dealkylation sites (tertiary alicyclic amines) is 1. The minimum atomic E-state index is -0.191. The number of aryl methyl sites for hydroxylation is 2. The number of piperidine rings is 1. The Balaban J connectivity index is 1.43. The largest absolute Gasteiger partial charge is 0.335 e. The molecule has 0 atom stereocenters. The van der Waals surface area contributed by atoms with E-state index in [0.29, 0.717) is 5.13 Å². The monoisotopic (exact) mass is 345 g/mol. The van der Waals surface area contributed by atoms with Gasteiger partial charge in [-0.3, -0.25) is 10.2 Å². The third-order valence-corrected chi connectivity index (χ3v) is 5.08. The number of anilines is 1. The highest BCUT2D eigenvalue weighted by molar-refractivity contribution is 7.15. The van der Waals surface area contributed by atoms with E-state index in [1.54, 1.807) is 0 Å². The van der Waals surface area contributed by atoms with Crippen molar-refractivity contribution >= 4 is 22.5 Å². The van der Waals surface area contributed by atoms with E-state index in [2.05, 4.69) is 56.9 Å². The molecule has 2 aromatic rings. The molecule has 128 valence electrons. The van der Waals surface area contributed by atoms with Crippen molar-refractivity contribution in [2.75, 3.05) is 18.4 Å². The van der Waals surface area contributed by atoms with E-state index in [-0.39, 0.29) is 12.1 Å². The van der Waals surface area contributed by atoms with Crippen LogP contribution >= 0.6 is 11.3 Å². The summed E-state index contributed by atoms with van der Waals surface area (Å²) < 4.78 is 0. The van der Waals surface area contributed by atoms with Crippen LogP contribution < -0.4 is 10.6 Å². The lowest BCUT2D eigenvalue weighted by Gasteiger charge is -2.32. The molecule has 0 saturated carbocycles. The Morgan fingerprint density at radius 1 is 1.25 bits per heavy atom. The molecule has 1 aliphatic rings. The average Bonchev–Trinajstić information content (AvgIpc) is 2.96. The van der Waals surface area contributed by atoms with Gasteiger partial charge in [-0.2, -0.15) is 0 Å².